The molecule has 3 aromatic rings. The number of benzene rings is 2. The number of para-hydroxylation sites is 1. The molecule has 2 nitrogen and oxygen atoms in total. The van der Waals surface area contributed by atoms with E-state index in [1.54, 1.807) is 0 Å². The van der Waals surface area contributed by atoms with E-state index >= 15 is 0 Å². The Morgan fingerprint density at radius 1 is 1.05 bits per heavy atom. The number of hydrogen-bond donors (Lipinski definition) is 1. The normalized spacial score (nSPS) is 12.8. The van der Waals surface area contributed by atoms with E-state index < -0.39 is 0 Å². The van der Waals surface area contributed by atoms with Gasteiger partial charge in [-0.15, -0.1) is 0 Å². The zero-order chi connectivity index (χ0) is 14.1. The van der Waals surface area contributed by atoms with Crippen LogP contribution in [-0.2, 0) is 6.54 Å². The fourth-order valence-electron chi connectivity index (χ4n) is 2.66. The van der Waals surface area contributed by atoms with Crippen LogP contribution >= 0.6 is 0 Å². The van der Waals surface area contributed by atoms with Crippen molar-refractivity contribution in [2.24, 2.45) is 5.73 Å². The second-order valence-electron chi connectivity index (χ2n) is 5.50. The van der Waals surface area contributed by atoms with Gasteiger partial charge in [0.15, 0.2) is 0 Å². The third-order valence-corrected chi connectivity index (χ3v) is 3.78. The molecule has 0 amide bonds. The Kier molecular flexibility index (Phi) is 3.33. The van der Waals surface area contributed by atoms with Crippen molar-refractivity contribution in [3.63, 3.8) is 0 Å². The lowest BCUT2D eigenvalue weighted by molar-refractivity contribution is 0.790. The van der Waals surface area contributed by atoms with Crippen molar-refractivity contribution in [3.8, 4) is 0 Å². The van der Waals surface area contributed by atoms with Crippen molar-refractivity contribution in [1.29, 1.82) is 0 Å². The molecule has 1 unspecified atom stereocenters. The van der Waals surface area contributed by atoms with Gasteiger partial charge < -0.3 is 10.3 Å². The maximum absolute atomic E-state index is 6.09. The number of aryl methyl sites for hydroxylation is 1. The lowest BCUT2D eigenvalue weighted by atomic mass is 10.1. The topological polar surface area (TPSA) is 30.9 Å². The van der Waals surface area contributed by atoms with E-state index in [-0.39, 0.29) is 6.04 Å². The van der Waals surface area contributed by atoms with Crippen LogP contribution in [0.1, 0.15) is 29.7 Å². The lowest BCUT2D eigenvalue weighted by Crippen LogP contribution is -2.04. The molecular formula is C18H20N2. The smallest absolute Gasteiger partial charge is 0.0486 e. The minimum Gasteiger partial charge on any atom is -0.343 e. The quantitative estimate of drug-likeness (QED) is 0.761. The Hall–Kier alpha value is -2.06. The van der Waals surface area contributed by atoms with Crippen LogP contribution < -0.4 is 5.73 Å². The number of nitrogens with zero attached hydrogens (tertiary/aromatic N) is 1. The highest BCUT2D eigenvalue weighted by molar-refractivity contribution is 5.84. The highest BCUT2D eigenvalue weighted by Gasteiger charge is 2.11. The molecule has 0 radical (unpaired) electrons. The van der Waals surface area contributed by atoms with Crippen molar-refractivity contribution >= 4 is 10.9 Å². The van der Waals surface area contributed by atoms with E-state index in [9.17, 15) is 0 Å². The Labute approximate surface area is 119 Å². The van der Waals surface area contributed by atoms with Crippen molar-refractivity contribution in [3.05, 3.63) is 71.4 Å². The first kappa shape index (κ1) is 12.9. The first-order valence-electron chi connectivity index (χ1n) is 7.04. The average Bonchev–Trinajstić information content (AvgIpc) is 2.81. The summed E-state index contributed by atoms with van der Waals surface area (Å²) in [5.74, 6) is 0. The summed E-state index contributed by atoms with van der Waals surface area (Å²) in [6.07, 6.45) is 2.19. The molecule has 0 saturated carbocycles. The Bertz CT molecular complexity index is 721. The van der Waals surface area contributed by atoms with Crippen LogP contribution in [0.5, 0.6) is 0 Å². The first-order valence-corrected chi connectivity index (χ1v) is 7.04. The highest BCUT2D eigenvalue weighted by atomic mass is 15.0. The fourth-order valence-corrected chi connectivity index (χ4v) is 2.66. The van der Waals surface area contributed by atoms with Gasteiger partial charge in [0.1, 0.15) is 0 Å². The molecule has 2 aromatic carbocycles. The largest absolute Gasteiger partial charge is 0.343 e. The van der Waals surface area contributed by atoms with Crippen molar-refractivity contribution < 1.29 is 0 Å². The summed E-state index contributed by atoms with van der Waals surface area (Å²) < 4.78 is 2.29. The van der Waals surface area contributed by atoms with Gasteiger partial charge in [0, 0.05) is 29.7 Å². The summed E-state index contributed by atoms with van der Waals surface area (Å²) in [7, 11) is 0. The van der Waals surface area contributed by atoms with Crippen LogP contribution in [0.2, 0.25) is 0 Å². The number of rotatable bonds is 3. The molecule has 102 valence electrons. The van der Waals surface area contributed by atoms with E-state index in [4.69, 9.17) is 5.73 Å². The zero-order valence-electron chi connectivity index (χ0n) is 12.0. The van der Waals surface area contributed by atoms with Crippen LogP contribution in [0, 0.1) is 6.92 Å². The Morgan fingerprint density at radius 3 is 2.45 bits per heavy atom. The van der Waals surface area contributed by atoms with Crippen LogP contribution in [0.15, 0.2) is 54.7 Å². The zero-order valence-corrected chi connectivity index (χ0v) is 12.0. The van der Waals surface area contributed by atoms with Gasteiger partial charge >= 0.3 is 0 Å². The highest BCUT2D eigenvalue weighted by Crippen LogP contribution is 2.26. The predicted octanol–water partition coefficient (Wildman–Crippen LogP) is 4.02. The lowest BCUT2D eigenvalue weighted by Gasteiger charge is -2.06. The molecule has 1 aromatic heterocycles. The number of hydrogen-bond acceptors (Lipinski definition) is 1. The van der Waals surface area contributed by atoms with Gasteiger partial charge in [0.05, 0.1) is 0 Å². The molecule has 0 bridgehead atoms. The van der Waals surface area contributed by atoms with Gasteiger partial charge in [0.25, 0.3) is 0 Å². The van der Waals surface area contributed by atoms with Gasteiger partial charge in [-0.05, 0) is 31.0 Å². The van der Waals surface area contributed by atoms with Crippen LogP contribution in [-0.4, -0.2) is 4.57 Å². The van der Waals surface area contributed by atoms with Gasteiger partial charge in [-0.1, -0.05) is 48.0 Å². The van der Waals surface area contributed by atoms with E-state index in [2.05, 4.69) is 66.2 Å². The van der Waals surface area contributed by atoms with Gasteiger partial charge in [-0.25, -0.2) is 0 Å². The Morgan fingerprint density at radius 2 is 1.75 bits per heavy atom. The summed E-state index contributed by atoms with van der Waals surface area (Å²) in [4.78, 5) is 0. The molecule has 0 spiro atoms. The molecule has 20 heavy (non-hydrogen) atoms. The molecule has 0 aliphatic heterocycles. The van der Waals surface area contributed by atoms with Crippen molar-refractivity contribution in [1.82, 2.24) is 4.57 Å². The van der Waals surface area contributed by atoms with Crippen molar-refractivity contribution in [2.45, 2.75) is 26.4 Å². The summed E-state index contributed by atoms with van der Waals surface area (Å²) >= 11 is 0. The molecule has 2 heteroatoms. The number of nitrogens with two attached hydrogens (primary N) is 1. The maximum atomic E-state index is 6.09. The summed E-state index contributed by atoms with van der Waals surface area (Å²) in [6, 6.07) is 17.2. The molecule has 3 rings (SSSR count). The minimum atomic E-state index is 0.0548. The molecule has 0 saturated heterocycles. The maximum Gasteiger partial charge on any atom is 0.0486 e. The average molecular weight is 264 g/mol. The first-order chi connectivity index (χ1) is 9.65. The predicted molar refractivity (Wildman–Crippen MR) is 84.8 cm³/mol. The fraction of sp³-hybridized carbons (Fsp3) is 0.222. The third kappa shape index (κ3) is 2.35. The minimum absolute atomic E-state index is 0.0548. The van der Waals surface area contributed by atoms with E-state index in [1.165, 1.54) is 27.6 Å². The molecule has 0 fully saturated rings. The summed E-state index contributed by atoms with van der Waals surface area (Å²) in [5.41, 5.74) is 11.2. The molecule has 0 aliphatic carbocycles. The molecular weight excluding hydrogens is 244 g/mol. The van der Waals surface area contributed by atoms with E-state index in [0.29, 0.717) is 0 Å². The third-order valence-electron chi connectivity index (χ3n) is 3.78. The summed E-state index contributed by atoms with van der Waals surface area (Å²) in [6.45, 7) is 5.04. The number of aromatic nitrogens is 1. The van der Waals surface area contributed by atoms with E-state index in [0.717, 1.165) is 6.54 Å². The SMILES string of the molecule is Cc1ccc(Cn2cc(C(C)N)c3ccccc32)cc1. The van der Waals surface area contributed by atoms with Gasteiger partial charge in [-0.3, -0.25) is 0 Å². The second-order valence-corrected chi connectivity index (χ2v) is 5.50. The monoisotopic (exact) mass is 264 g/mol. The van der Waals surface area contributed by atoms with Crippen molar-refractivity contribution in [2.75, 3.05) is 0 Å². The van der Waals surface area contributed by atoms with Gasteiger partial charge in [-0.2, -0.15) is 0 Å². The molecule has 1 heterocycles. The van der Waals surface area contributed by atoms with Crippen LogP contribution in [0.4, 0.5) is 0 Å². The second kappa shape index (κ2) is 5.14. The van der Waals surface area contributed by atoms with Gasteiger partial charge in [0.2, 0.25) is 0 Å². The number of fused-ring (bicyclic) bond motifs is 1. The molecule has 2 N–H and O–H groups in total. The van der Waals surface area contributed by atoms with Crippen LogP contribution in [0.3, 0.4) is 0 Å². The molecule has 0 aliphatic rings. The Balaban J connectivity index is 2.05. The molecule has 1 atom stereocenters. The standard InChI is InChI=1S/C18H20N2/c1-13-7-9-15(10-8-13)11-20-12-17(14(2)19)16-5-3-4-6-18(16)20/h3-10,12,14H,11,19H2,1-2H3. The summed E-state index contributed by atoms with van der Waals surface area (Å²) in [5, 5.41) is 1.26. The van der Waals surface area contributed by atoms with E-state index in [1.807, 2.05) is 6.92 Å². The van der Waals surface area contributed by atoms with Crippen LogP contribution in [0.25, 0.3) is 10.9 Å².